The summed E-state index contributed by atoms with van der Waals surface area (Å²) < 4.78 is 11.2. The molecule has 2 heterocycles. The van der Waals surface area contributed by atoms with Gasteiger partial charge in [-0.2, -0.15) is 0 Å². The molecule has 1 N–H and O–H groups in total. The second-order valence-corrected chi connectivity index (χ2v) is 7.79. The summed E-state index contributed by atoms with van der Waals surface area (Å²) in [6, 6.07) is 8.24. The number of carbonyl (C=O) groups is 1. The summed E-state index contributed by atoms with van der Waals surface area (Å²) in [6.45, 7) is 1.31. The number of ether oxygens (including phenoxy) is 2. The molecule has 1 aliphatic carbocycles. The van der Waals surface area contributed by atoms with Crippen LogP contribution in [0.25, 0.3) is 0 Å². The molecular formula is C20H23NO3S. The van der Waals surface area contributed by atoms with Gasteiger partial charge in [-0.1, -0.05) is 6.07 Å². The Bertz CT molecular complexity index is 777. The van der Waals surface area contributed by atoms with Crippen molar-refractivity contribution in [2.24, 2.45) is 0 Å². The van der Waals surface area contributed by atoms with Crippen LogP contribution in [-0.2, 0) is 24.1 Å². The molecule has 0 radical (unpaired) electrons. The Hall–Kier alpha value is -1.85. The van der Waals surface area contributed by atoms with Crippen molar-refractivity contribution in [3.8, 4) is 5.75 Å². The molecule has 0 spiro atoms. The lowest BCUT2D eigenvalue weighted by Gasteiger charge is -2.12. The molecule has 4 nitrogen and oxygen atoms in total. The third-order valence-electron chi connectivity index (χ3n) is 5.03. The molecule has 2 aliphatic rings. The Kier molecular flexibility index (Phi) is 4.77. The van der Waals surface area contributed by atoms with Crippen LogP contribution in [0.2, 0.25) is 0 Å². The largest absolute Gasteiger partial charge is 0.496 e. The van der Waals surface area contributed by atoms with Crippen LogP contribution in [0.3, 0.4) is 0 Å². The van der Waals surface area contributed by atoms with Gasteiger partial charge in [0, 0.05) is 23.6 Å². The smallest absolute Gasteiger partial charge is 0.261 e. The van der Waals surface area contributed by atoms with Gasteiger partial charge < -0.3 is 14.8 Å². The van der Waals surface area contributed by atoms with Gasteiger partial charge in [-0.3, -0.25) is 4.79 Å². The van der Waals surface area contributed by atoms with Gasteiger partial charge in [0.2, 0.25) is 0 Å². The topological polar surface area (TPSA) is 47.6 Å². The first kappa shape index (κ1) is 16.6. The lowest BCUT2D eigenvalue weighted by Crippen LogP contribution is -2.22. The molecule has 1 fully saturated rings. The standard InChI is InChI=1S/C20H23NO3S/c1-23-17-11-14-5-2-4-13(14)10-15(17)12-21-20(22)19-8-7-18(25-19)16-6-3-9-24-16/h7-8,10-11,16H,2-6,9,12H2,1H3,(H,21,22). The molecule has 1 aliphatic heterocycles. The summed E-state index contributed by atoms with van der Waals surface area (Å²) in [4.78, 5) is 14.4. The van der Waals surface area contributed by atoms with Gasteiger partial charge >= 0.3 is 0 Å². The van der Waals surface area contributed by atoms with E-state index < -0.39 is 0 Å². The number of methoxy groups -OCH3 is 1. The van der Waals surface area contributed by atoms with E-state index in [0.29, 0.717) is 6.54 Å². The first-order valence-electron chi connectivity index (χ1n) is 8.93. The molecule has 4 rings (SSSR count). The Morgan fingerprint density at radius 2 is 2.12 bits per heavy atom. The monoisotopic (exact) mass is 357 g/mol. The normalized spacial score (nSPS) is 19.0. The Morgan fingerprint density at radius 1 is 1.28 bits per heavy atom. The molecule has 1 unspecified atom stereocenters. The van der Waals surface area contributed by atoms with Gasteiger partial charge in [0.1, 0.15) is 5.75 Å². The van der Waals surface area contributed by atoms with Crippen LogP contribution in [-0.4, -0.2) is 19.6 Å². The van der Waals surface area contributed by atoms with Crippen LogP contribution in [0.4, 0.5) is 0 Å². The molecular weight excluding hydrogens is 334 g/mol. The van der Waals surface area contributed by atoms with E-state index in [2.05, 4.69) is 17.4 Å². The van der Waals surface area contributed by atoms with Crippen molar-refractivity contribution in [2.75, 3.05) is 13.7 Å². The van der Waals surface area contributed by atoms with Crippen molar-refractivity contribution in [2.45, 2.75) is 44.8 Å². The second-order valence-electron chi connectivity index (χ2n) is 6.67. The maximum Gasteiger partial charge on any atom is 0.261 e. The number of amides is 1. The summed E-state index contributed by atoms with van der Waals surface area (Å²) >= 11 is 1.54. The highest BCUT2D eigenvalue weighted by Gasteiger charge is 2.21. The van der Waals surface area contributed by atoms with Gasteiger partial charge in [-0.05, 0) is 61.4 Å². The maximum atomic E-state index is 12.5. The van der Waals surface area contributed by atoms with E-state index in [0.717, 1.165) is 53.4 Å². The van der Waals surface area contributed by atoms with Crippen molar-refractivity contribution in [1.82, 2.24) is 5.32 Å². The average molecular weight is 357 g/mol. The third-order valence-corrected chi connectivity index (χ3v) is 6.21. The summed E-state index contributed by atoms with van der Waals surface area (Å²) in [6.07, 6.45) is 5.77. The lowest BCUT2D eigenvalue weighted by molar-refractivity contribution is 0.0954. The minimum absolute atomic E-state index is 0.0307. The van der Waals surface area contributed by atoms with E-state index in [9.17, 15) is 4.79 Å². The predicted octanol–water partition coefficient (Wildman–Crippen LogP) is 4.03. The molecule has 1 saturated heterocycles. The number of fused-ring (bicyclic) bond motifs is 1. The average Bonchev–Trinajstić information content (AvgIpc) is 3.38. The Labute approximate surface area is 152 Å². The molecule has 1 aromatic carbocycles. The zero-order chi connectivity index (χ0) is 17.2. The molecule has 2 aromatic rings. The predicted molar refractivity (Wildman–Crippen MR) is 98.4 cm³/mol. The number of carbonyl (C=O) groups excluding carboxylic acids is 1. The number of benzene rings is 1. The quantitative estimate of drug-likeness (QED) is 0.879. The lowest BCUT2D eigenvalue weighted by atomic mass is 10.0. The van der Waals surface area contributed by atoms with Gasteiger partial charge in [-0.15, -0.1) is 11.3 Å². The summed E-state index contributed by atoms with van der Waals surface area (Å²) in [5.41, 5.74) is 3.82. The molecule has 132 valence electrons. The van der Waals surface area contributed by atoms with E-state index in [4.69, 9.17) is 9.47 Å². The van der Waals surface area contributed by atoms with Crippen molar-refractivity contribution in [3.63, 3.8) is 0 Å². The molecule has 1 atom stereocenters. The van der Waals surface area contributed by atoms with Crippen molar-refractivity contribution < 1.29 is 14.3 Å². The SMILES string of the molecule is COc1cc2c(cc1CNC(=O)c1ccc(C3CCCO3)s1)CCC2. The van der Waals surface area contributed by atoms with E-state index in [1.807, 2.05) is 12.1 Å². The number of hydrogen-bond donors (Lipinski definition) is 1. The summed E-state index contributed by atoms with van der Waals surface area (Å²) in [5, 5.41) is 3.04. The first-order valence-corrected chi connectivity index (χ1v) is 9.74. The second kappa shape index (κ2) is 7.18. The highest BCUT2D eigenvalue weighted by molar-refractivity contribution is 7.14. The zero-order valence-electron chi connectivity index (χ0n) is 14.5. The third kappa shape index (κ3) is 3.44. The van der Waals surface area contributed by atoms with Crippen molar-refractivity contribution in [1.29, 1.82) is 0 Å². The summed E-state index contributed by atoms with van der Waals surface area (Å²) in [5.74, 6) is 0.837. The van der Waals surface area contributed by atoms with Gasteiger partial charge in [0.25, 0.3) is 5.91 Å². The number of nitrogens with one attached hydrogen (secondary N) is 1. The van der Waals surface area contributed by atoms with Gasteiger partial charge in [-0.25, -0.2) is 0 Å². The van der Waals surface area contributed by atoms with Crippen LogP contribution < -0.4 is 10.1 Å². The highest BCUT2D eigenvalue weighted by atomic mass is 32.1. The van der Waals surface area contributed by atoms with Gasteiger partial charge in [0.15, 0.2) is 0 Å². The Balaban J connectivity index is 1.43. The maximum absolute atomic E-state index is 12.5. The molecule has 5 heteroatoms. The first-order chi connectivity index (χ1) is 12.2. The minimum atomic E-state index is -0.0307. The Morgan fingerprint density at radius 3 is 2.88 bits per heavy atom. The number of aryl methyl sites for hydroxylation is 2. The molecule has 1 aromatic heterocycles. The fourth-order valence-electron chi connectivity index (χ4n) is 3.69. The molecule has 1 amide bonds. The fraction of sp³-hybridized carbons (Fsp3) is 0.450. The van der Waals surface area contributed by atoms with Crippen molar-refractivity contribution >= 4 is 17.2 Å². The minimum Gasteiger partial charge on any atom is -0.496 e. The van der Waals surface area contributed by atoms with E-state index in [-0.39, 0.29) is 12.0 Å². The van der Waals surface area contributed by atoms with Crippen LogP contribution >= 0.6 is 11.3 Å². The van der Waals surface area contributed by atoms with Crippen LogP contribution in [0.5, 0.6) is 5.75 Å². The summed E-state index contributed by atoms with van der Waals surface area (Å²) in [7, 11) is 1.69. The highest BCUT2D eigenvalue weighted by Crippen LogP contribution is 2.33. The zero-order valence-corrected chi connectivity index (χ0v) is 15.3. The fourth-order valence-corrected chi connectivity index (χ4v) is 4.70. The van der Waals surface area contributed by atoms with E-state index >= 15 is 0 Å². The number of hydrogen-bond acceptors (Lipinski definition) is 4. The van der Waals surface area contributed by atoms with Crippen LogP contribution in [0.1, 0.15) is 56.6 Å². The number of thiophene rings is 1. The molecule has 25 heavy (non-hydrogen) atoms. The van der Waals surface area contributed by atoms with Gasteiger partial charge in [0.05, 0.1) is 18.1 Å². The molecule has 0 bridgehead atoms. The number of rotatable bonds is 5. The molecule has 0 saturated carbocycles. The van der Waals surface area contributed by atoms with E-state index in [1.165, 1.54) is 28.9 Å². The van der Waals surface area contributed by atoms with Crippen LogP contribution in [0.15, 0.2) is 24.3 Å². The van der Waals surface area contributed by atoms with E-state index in [1.54, 1.807) is 7.11 Å². The van der Waals surface area contributed by atoms with Crippen LogP contribution in [0, 0.1) is 0 Å². The van der Waals surface area contributed by atoms with Crippen molar-refractivity contribution in [3.05, 3.63) is 50.7 Å².